The largest absolute Gasteiger partial charge is 0.392 e. The van der Waals surface area contributed by atoms with Crippen molar-refractivity contribution in [1.82, 2.24) is 0 Å². The minimum atomic E-state index is 0.0118. The van der Waals surface area contributed by atoms with E-state index >= 15 is 0 Å². The lowest BCUT2D eigenvalue weighted by molar-refractivity contribution is 0.279. The number of aliphatic hydroxyl groups is 1. The first-order valence-corrected chi connectivity index (χ1v) is 6.02. The highest BCUT2D eigenvalue weighted by atomic mass is 32.2. The third kappa shape index (κ3) is 2.68. The third-order valence-electron chi connectivity index (χ3n) is 2.37. The van der Waals surface area contributed by atoms with Crippen LogP contribution >= 0.6 is 11.8 Å². The van der Waals surface area contributed by atoms with Crippen molar-refractivity contribution in [3.63, 3.8) is 0 Å². The molecule has 0 bridgehead atoms. The molecule has 0 atom stereocenters. The summed E-state index contributed by atoms with van der Waals surface area (Å²) in [6.07, 6.45) is 0. The Balaban J connectivity index is 2.35. The summed E-state index contributed by atoms with van der Waals surface area (Å²) in [6.45, 7) is 0.0118. The fraction of sp³-hybridized carbons (Fsp3) is 0.0714. The molecule has 3 heteroatoms. The second-order valence-corrected chi connectivity index (χ2v) is 4.56. The van der Waals surface area contributed by atoms with E-state index in [4.69, 9.17) is 5.26 Å². The minimum absolute atomic E-state index is 0.0118. The SMILES string of the molecule is N#Cc1ccccc1Sc1ccccc1CO. The smallest absolute Gasteiger partial charge is 0.100 e. The molecule has 84 valence electrons. The van der Waals surface area contributed by atoms with Gasteiger partial charge in [0.25, 0.3) is 0 Å². The Hall–Kier alpha value is -1.76. The van der Waals surface area contributed by atoms with Crippen LogP contribution in [0, 0.1) is 11.3 Å². The zero-order valence-electron chi connectivity index (χ0n) is 9.13. The van der Waals surface area contributed by atoms with E-state index < -0.39 is 0 Å². The summed E-state index contributed by atoms with van der Waals surface area (Å²) in [5.41, 5.74) is 1.54. The van der Waals surface area contributed by atoms with E-state index in [1.165, 1.54) is 11.8 Å². The Bertz CT molecular complexity index is 560. The van der Waals surface area contributed by atoms with Gasteiger partial charge >= 0.3 is 0 Å². The number of nitrogens with zero attached hydrogens (tertiary/aromatic N) is 1. The van der Waals surface area contributed by atoms with E-state index in [-0.39, 0.29) is 6.61 Å². The predicted molar refractivity (Wildman–Crippen MR) is 67.6 cm³/mol. The first kappa shape index (κ1) is 11.7. The molecule has 1 N–H and O–H groups in total. The lowest BCUT2D eigenvalue weighted by Gasteiger charge is -2.07. The van der Waals surface area contributed by atoms with Crippen molar-refractivity contribution in [2.45, 2.75) is 16.4 Å². The minimum Gasteiger partial charge on any atom is -0.392 e. The Morgan fingerprint density at radius 1 is 1.00 bits per heavy atom. The monoisotopic (exact) mass is 241 g/mol. The van der Waals surface area contributed by atoms with E-state index in [1.807, 2.05) is 42.5 Å². The first-order chi connectivity index (χ1) is 8.35. The van der Waals surface area contributed by atoms with E-state index in [0.29, 0.717) is 5.56 Å². The molecule has 0 fully saturated rings. The molecule has 2 aromatic rings. The van der Waals surface area contributed by atoms with Crippen molar-refractivity contribution in [3.05, 3.63) is 59.7 Å². The lowest BCUT2D eigenvalue weighted by atomic mass is 10.2. The summed E-state index contributed by atoms with van der Waals surface area (Å²) in [7, 11) is 0. The Morgan fingerprint density at radius 2 is 1.65 bits per heavy atom. The molecule has 0 radical (unpaired) electrons. The van der Waals surface area contributed by atoms with Gasteiger partial charge in [0.15, 0.2) is 0 Å². The van der Waals surface area contributed by atoms with Crippen LogP contribution in [0.1, 0.15) is 11.1 Å². The van der Waals surface area contributed by atoms with Gasteiger partial charge in [0.2, 0.25) is 0 Å². The zero-order chi connectivity index (χ0) is 12.1. The van der Waals surface area contributed by atoms with Crippen LogP contribution in [0.15, 0.2) is 58.3 Å². The van der Waals surface area contributed by atoms with Gasteiger partial charge in [0, 0.05) is 9.79 Å². The van der Waals surface area contributed by atoms with Crippen molar-refractivity contribution >= 4 is 11.8 Å². The van der Waals surface area contributed by atoms with Crippen LogP contribution in [-0.2, 0) is 6.61 Å². The molecule has 2 nitrogen and oxygen atoms in total. The summed E-state index contributed by atoms with van der Waals surface area (Å²) in [4.78, 5) is 1.90. The van der Waals surface area contributed by atoms with Gasteiger partial charge in [-0.2, -0.15) is 5.26 Å². The molecule has 17 heavy (non-hydrogen) atoms. The van der Waals surface area contributed by atoms with Crippen molar-refractivity contribution in [2.24, 2.45) is 0 Å². The molecule has 2 aromatic carbocycles. The fourth-order valence-corrected chi connectivity index (χ4v) is 2.52. The average molecular weight is 241 g/mol. The summed E-state index contributed by atoms with van der Waals surface area (Å²) < 4.78 is 0. The van der Waals surface area contributed by atoms with E-state index in [1.54, 1.807) is 6.07 Å². The Kier molecular flexibility index (Phi) is 3.81. The van der Waals surface area contributed by atoms with Crippen molar-refractivity contribution in [3.8, 4) is 6.07 Å². The van der Waals surface area contributed by atoms with Gasteiger partial charge in [0.05, 0.1) is 12.2 Å². The summed E-state index contributed by atoms with van der Waals surface area (Å²) in [5, 5.41) is 18.3. The van der Waals surface area contributed by atoms with Crippen LogP contribution in [0.4, 0.5) is 0 Å². The van der Waals surface area contributed by atoms with Gasteiger partial charge in [-0.3, -0.25) is 0 Å². The molecule has 0 spiro atoms. The lowest BCUT2D eigenvalue weighted by Crippen LogP contribution is -1.87. The van der Waals surface area contributed by atoms with Crippen LogP contribution in [0.2, 0.25) is 0 Å². The molecular formula is C14H11NOS. The molecular weight excluding hydrogens is 230 g/mol. The van der Waals surface area contributed by atoms with Gasteiger partial charge in [-0.25, -0.2) is 0 Å². The van der Waals surface area contributed by atoms with Crippen molar-refractivity contribution in [1.29, 1.82) is 5.26 Å². The summed E-state index contributed by atoms with van der Waals surface area (Å²) >= 11 is 1.51. The van der Waals surface area contributed by atoms with Crippen LogP contribution < -0.4 is 0 Å². The molecule has 0 aliphatic heterocycles. The van der Waals surface area contributed by atoms with Crippen LogP contribution in [0.25, 0.3) is 0 Å². The Morgan fingerprint density at radius 3 is 2.35 bits per heavy atom. The normalized spacial score (nSPS) is 9.88. The average Bonchev–Trinajstić information content (AvgIpc) is 2.40. The van der Waals surface area contributed by atoms with E-state index in [2.05, 4.69) is 6.07 Å². The van der Waals surface area contributed by atoms with Gasteiger partial charge < -0.3 is 5.11 Å². The van der Waals surface area contributed by atoms with Crippen LogP contribution in [0.5, 0.6) is 0 Å². The predicted octanol–water partition coefficient (Wildman–Crippen LogP) is 3.20. The molecule has 0 aliphatic rings. The van der Waals surface area contributed by atoms with Gasteiger partial charge in [0.1, 0.15) is 6.07 Å². The highest BCUT2D eigenvalue weighted by Gasteiger charge is 2.06. The second-order valence-electron chi connectivity index (χ2n) is 3.48. The maximum absolute atomic E-state index is 9.24. The van der Waals surface area contributed by atoms with Gasteiger partial charge in [-0.05, 0) is 23.8 Å². The molecule has 0 heterocycles. The number of rotatable bonds is 3. The maximum atomic E-state index is 9.24. The highest BCUT2D eigenvalue weighted by molar-refractivity contribution is 7.99. The number of nitriles is 1. The van der Waals surface area contributed by atoms with Crippen molar-refractivity contribution < 1.29 is 5.11 Å². The van der Waals surface area contributed by atoms with Gasteiger partial charge in [-0.1, -0.05) is 42.1 Å². The second kappa shape index (κ2) is 5.53. The zero-order valence-corrected chi connectivity index (χ0v) is 9.95. The highest BCUT2D eigenvalue weighted by Crippen LogP contribution is 2.32. The maximum Gasteiger partial charge on any atom is 0.100 e. The van der Waals surface area contributed by atoms with Crippen molar-refractivity contribution in [2.75, 3.05) is 0 Å². The van der Waals surface area contributed by atoms with Crippen LogP contribution in [0.3, 0.4) is 0 Å². The number of benzene rings is 2. The standard InChI is InChI=1S/C14H11NOS/c15-9-11-5-1-3-7-13(11)17-14-8-4-2-6-12(14)10-16/h1-8,16H,10H2. The molecule has 0 aliphatic carbocycles. The number of aliphatic hydroxyl groups excluding tert-OH is 1. The van der Waals surface area contributed by atoms with E-state index in [0.717, 1.165) is 15.4 Å². The Labute approximate surface area is 105 Å². The molecule has 0 saturated carbocycles. The molecule has 0 amide bonds. The number of hydrogen-bond donors (Lipinski definition) is 1. The first-order valence-electron chi connectivity index (χ1n) is 5.21. The van der Waals surface area contributed by atoms with E-state index in [9.17, 15) is 5.11 Å². The fourth-order valence-electron chi connectivity index (χ4n) is 1.50. The summed E-state index contributed by atoms with van der Waals surface area (Å²) in [5.74, 6) is 0. The quantitative estimate of drug-likeness (QED) is 0.897. The third-order valence-corrected chi connectivity index (χ3v) is 3.56. The van der Waals surface area contributed by atoms with Gasteiger partial charge in [-0.15, -0.1) is 0 Å². The summed E-state index contributed by atoms with van der Waals surface area (Å²) in [6, 6.07) is 17.3. The topological polar surface area (TPSA) is 44.0 Å². The molecule has 2 rings (SSSR count). The molecule has 0 saturated heterocycles. The molecule has 0 unspecified atom stereocenters. The number of hydrogen-bond acceptors (Lipinski definition) is 3. The molecule has 0 aromatic heterocycles. The van der Waals surface area contributed by atoms with Crippen LogP contribution in [-0.4, -0.2) is 5.11 Å².